The number of aryl methyl sites for hydroxylation is 1. The molecule has 1 aliphatic heterocycles. The molecule has 0 aliphatic carbocycles. The van der Waals surface area contributed by atoms with Crippen LogP contribution in [0.1, 0.15) is 30.1 Å². The van der Waals surface area contributed by atoms with E-state index in [1.165, 1.54) is 24.9 Å². The molecule has 1 N–H and O–H groups in total. The minimum absolute atomic E-state index is 0.573. The number of aromatic nitrogens is 1. The van der Waals surface area contributed by atoms with E-state index in [-0.39, 0.29) is 0 Å². The quantitative estimate of drug-likeness (QED) is 0.802. The molecule has 1 saturated heterocycles. The molecule has 1 unspecified atom stereocenters. The normalized spacial score (nSPS) is 21.9. The predicted octanol–water partition coefficient (Wildman–Crippen LogP) is 2.20. The monoisotopic (exact) mass is 205 g/mol. The molecule has 0 spiro atoms. The number of nitrogens with one attached hydrogen (secondary N) is 1. The summed E-state index contributed by atoms with van der Waals surface area (Å²) in [6.45, 7) is 3.31. The lowest BCUT2D eigenvalue weighted by Gasteiger charge is -2.21. The van der Waals surface area contributed by atoms with Crippen LogP contribution in [0.5, 0.6) is 0 Å². The molecule has 82 valence electrons. The van der Waals surface area contributed by atoms with Crippen LogP contribution in [0.3, 0.4) is 0 Å². The summed E-state index contributed by atoms with van der Waals surface area (Å²) >= 11 is 0. The Balaban J connectivity index is 2.28. The van der Waals surface area contributed by atoms with Crippen LogP contribution < -0.4 is 5.32 Å². The summed E-state index contributed by atoms with van der Waals surface area (Å²) in [6.07, 6.45) is 2.56. The fraction of sp³-hybridized carbons (Fsp3) is 0.583. The molecule has 1 aliphatic rings. The average molecular weight is 205 g/mol. The molecule has 1 fully saturated rings. The second-order valence-electron chi connectivity index (χ2n) is 4.26. The molecule has 0 aromatic carbocycles. The Morgan fingerprint density at radius 3 is 2.80 bits per heavy atom. The van der Waals surface area contributed by atoms with Crippen LogP contribution in [0.4, 0.5) is 5.82 Å². The zero-order valence-electron chi connectivity index (χ0n) is 9.75. The molecule has 3 nitrogen and oxygen atoms in total. The molecule has 1 aromatic heterocycles. The Kier molecular flexibility index (Phi) is 2.91. The summed E-state index contributed by atoms with van der Waals surface area (Å²) in [7, 11) is 4.10. The van der Waals surface area contributed by atoms with Crippen molar-refractivity contribution < 1.29 is 0 Å². The molecular formula is C12H19N3. The lowest BCUT2D eigenvalue weighted by molar-refractivity contribution is 0.316. The maximum absolute atomic E-state index is 4.53. The first-order valence-corrected chi connectivity index (χ1v) is 5.58. The molecule has 0 saturated carbocycles. The predicted molar refractivity (Wildman–Crippen MR) is 63.1 cm³/mol. The van der Waals surface area contributed by atoms with Gasteiger partial charge in [-0.1, -0.05) is 6.07 Å². The molecule has 15 heavy (non-hydrogen) atoms. The van der Waals surface area contributed by atoms with E-state index in [0.29, 0.717) is 6.04 Å². The van der Waals surface area contributed by atoms with Crippen LogP contribution in [-0.2, 0) is 0 Å². The van der Waals surface area contributed by atoms with Crippen molar-refractivity contribution in [2.45, 2.75) is 25.8 Å². The van der Waals surface area contributed by atoms with E-state index in [1.807, 2.05) is 7.05 Å². The van der Waals surface area contributed by atoms with Gasteiger partial charge in [-0.25, -0.2) is 4.98 Å². The van der Waals surface area contributed by atoms with E-state index < -0.39 is 0 Å². The van der Waals surface area contributed by atoms with Crippen molar-refractivity contribution in [3.05, 3.63) is 23.4 Å². The summed E-state index contributed by atoms with van der Waals surface area (Å²) in [5, 5.41) is 3.07. The van der Waals surface area contributed by atoms with Gasteiger partial charge in [0.2, 0.25) is 0 Å². The van der Waals surface area contributed by atoms with Crippen molar-refractivity contribution in [3.8, 4) is 0 Å². The Hall–Kier alpha value is -1.09. The van der Waals surface area contributed by atoms with Gasteiger partial charge in [0.05, 0.1) is 0 Å². The Bertz CT molecular complexity index is 349. The molecule has 0 radical (unpaired) electrons. The largest absolute Gasteiger partial charge is 0.373 e. The molecule has 2 rings (SSSR count). The molecule has 0 amide bonds. The van der Waals surface area contributed by atoms with E-state index in [2.05, 4.69) is 41.3 Å². The third-order valence-electron chi connectivity index (χ3n) is 3.26. The van der Waals surface area contributed by atoms with Crippen molar-refractivity contribution >= 4 is 5.82 Å². The fourth-order valence-corrected chi connectivity index (χ4v) is 2.37. The second-order valence-corrected chi connectivity index (χ2v) is 4.26. The molecule has 1 aromatic rings. The summed E-state index contributed by atoms with van der Waals surface area (Å²) in [6, 6.07) is 4.85. The van der Waals surface area contributed by atoms with Crippen LogP contribution in [0.25, 0.3) is 0 Å². The van der Waals surface area contributed by atoms with Gasteiger partial charge in [0.25, 0.3) is 0 Å². The van der Waals surface area contributed by atoms with Gasteiger partial charge in [0.1, 0.15) is 5.82 Å². The van der Waals surface area contributed by atoms with E-state index in [9.17, 15) is 0 Å². The highest BCUT2D eigenvalue weighted by molar-refractivity contribution is 5.39. The zero-order valence-corrected chi connectivity index (χ0v) is 9.75. The summed E-state index contributed by atoms with van der Waals surface area (Å²) in [4.78, 5) is 6.95. The van der Waals surface area contributed by atoms with Crippen LogP contribution >= 0.6 is 0 Å². The van der Waals surface area contributed by atoms with Gasteiger partial charge in [0, 0.05) is 18.8 Å². The summed E-state index contributed by atoms with van der Waals surface area (Å²) < 4.78 is 0. The van der Waals surface area contributed by atoms with Gasteiger partial charge in [-0.3, -0.25) is 4.90 Å². The number of nitrogens with zero attached hydrogens (tertiary/aromatic N) is 2. The van der Waals surface area contributed by atoms with Crippen molar-refractivity contribution in [1.29, 1.82) is 0 Å². The minimum atomic E-state index is 0.573. The van der Waals surface area contributed by atoms with E-state index in [1.54, 1.807) is 0 Å². The van der Waals surface area contributed by atoms with Crippen LogP contribution in [0, 0.1) is 6.92 Å². The molecule has 2 heterocycles. The smallest absolute Gasteiger partial charge is 0.125 e. The van der Waals surface area contributed by atoms with Crippen LogP contribution in [0.2, 0.25) is 0 Å². The number of hydrogen-bond donors (Lipinski definition) is 1. The molecule has 3 heteroatoms. The van der Waals surface area contributed by atoms with Gasteiger partial charge < -0.3 is 5.32 Å². The highest BCUT2D eigenvalue weighted by Crippen LogP contribution is 2.31. The van der Waals surface area contributed by atoms with E-state index >= 15 is 0 Å². The maximum atomic E-state index is 4.53. The van der Waals surface area contributed by atoms with Crippen molar-refractivity contribution in [1.82, 2.24) is 9.88 Å². The highest BCUT2D eigenvalue weighted by atomic mass is 15.1. The lowest BCUT2D eigenvalue weighted by atomic mass is 10.0. The first-order chi connectivity index (χ1) is 7.22. The molecule has 1 atom stereocenters. The van der Waals surface area contributed by atoms with Gasteiger partial charge in [0.15, 0.2) is 0 Å². The SMILES string of the molecule is CNc1ccc(C2CCCN2C)c(C)n1. The first kappa shape index (κ1) is 10.4. The van der Waals surface area contributed by atoms with Gasteiger partial charge >= 0.3 is 0 Å². The van der Waals surface area contributed by atoms with Crippen LogP contribution in [-0.4, -0.2) is 30.5 Å². The summed E-state index contributed by atoms with van der Waals surface area (Å²) in [5.74, 6) is 0.955. The van der Waals surface area contributed by atoms with Gasteiger partial charge in [-0.2, -0.15) is 0 Å². The minimum Gasteiger partial charge on any atom is -0.373 e. The third kappa shape index (κ3) is 1.97. The van der Waals surface area contributed by atoms with Crippen molar-refractivity contribution in [2.24, 2.45) is 0 Å². The van der Waals surface area contributed by atoms with E-state index in [4.69, 9.17) is 0 Å². The average Bonchev–Trinajstić information content (AvgIpc) is 2.64. The van der Waals surface area contributed by atoms with Crippen LogP contribution in [0.15, 0.2) is 12.1 Å². The number of rotatable bonds is 2. The Labute approximate surface area is 91.5 Å². The van der Waals surface area contributed by atoms with Gasteiger partial charge in [-0.15, -0.1) is 0 Å². The topological polar surface area (TPSA) is 28.2 Å². The standard InChI is InChI=1S/C12H19N3/c1-9-10(6-7-12(13-2)14-9)11-5-4-8-15(11)3/h6-7,11H,4-5,8H2,1-3H3,(H,13,14). The third-order valence-corrected chi connectivity index (χ3v) is 3.26. The van der Waals surface area contributed by atoms with Crippen molar-refractivity contribution in [3.63, 3.8) is 0 Å². The number of pyridine rings is 1. The van der Waals surface area contributed by atoms with E-state index in [0.717, 1.165) is 11.5 Å². The fourth-order valence-electron chi connectivity index (χ4n) is 2.37. The Morgan fingerprint density at radius 2 is 2.27 bits per heavy atom. The summed E-state index contributed by atoms with van der Waals surface area (Å²) in [5.41, 5.74) is 2.54. The van der Waals surface area contributed by atoms with Gasteiger partial charge in [-0.05, 0) is 45.0 Å². The second kappa shape index (κ2) is 4.19. The zero-order chi connectivity index (χ0) is 10.8. The molecule has 0 bridgehead atoms. The lowest BCUT2D eigenvalue weighted by Crippen LogP contribution is -2.18. The number of hydrogen-bond acceptors (Lipinski definition) is 3. The first-order valence-electron chi connectivity index (χ1n) is 5.58. The Morgan fingerprint density at radius 1 is 1.47 bits per heavy atom. The number of anilines is 1. The molecular weight excluding hydrogens is 186 g/mol. The maximum Gasteiger partial charge on any atom is 0.125 e. The van der Waals surface area contributed by atoms with Crippen molar-refractivity contribution in [2.75, 3.05) is 26.0 Å². The number of likely N-dealkylation sites (tertiary alicyclic amines) is 1. The highest BCUT2D eigenvalue weighted by Gasteiger charge is 2.24.